The molecule has 11 aromatic rings. The third-order valence-corrected chi connectivity index (χ3v) is 11.9. The van der Waals surface area contributed by atoms with Crippen molar-refractivity contribution in [2.75, 3.05) is 0 Å². The van der Waals surface area contributed by atoms with Crippen molar-refractivity contribution in [3.63, 3.8) is 0 Å². The standard InChI is InChI=1S/C58H39N3O/c1-6-17-40(18-7-1)41-29-34-48(35-30-41)58(46-23-12-4-13-24-46,47-25-14-5-15-26-47)49-36-31-42(32-37-49)45-33-38-52-51(39-45)54-50(27-16-28-53(54)62-52)57-60-55(43-19-8-2-9-20-43)59-56(61-57)44-21-10-3-11-22-44/h1-39H. The average molecular weight is 794 g/mol. The minimum atomic E-state index is -0.572. The minimum Gasteiger partial charge on any atom is -0.456 e. The van der Waals surface area contributed by atoms with Crippen molar-refractivity contribution in [2.24, 2.45) is 0 Å². The van der Waals surface area contributed by atoms with E-state index < -0.39 is 5.41 Å². The number of hydrogen-bond acceptors (Lipinski definition) is 4. The molecule has 2 heterocycles. The maximum atomic E-state index is 6.51. The second-order valence-electron chi connectivity index (χ2n) is 15.5. The van der Waals surface area contributed by atoms with E-state index in [0.29, 0.717) is 17.5 Å². The molecule has 4 nitrogen and oxygen atoms in total. The van der Waals surface area contributed by atoms with Crippen LogP contribution in [0.15, 0.2) is 241 Å². The first-order valence-electron chi connectivity index (χ1n) is 20.9. The monoisotopic (exact) mass is 793 g/mol. The zero-order chi connectivity index (χ0) is 41.3. The fourth-order valence-corrected chi connectivity index (χ4v) is 8.95. The van der Waals surface area contributed by atoms with E-state index in [9.17, 15) is 0 Å². The molecule has 4 heteroatoms. The fraction of sp³-hybridized carbons (Fsp3) is 0.0172. The smallest absolute Gasteiger partial charge is 0.164 e. The van der Waals surface area contributed by atoms with Crippen LogP contribution in [-0.4, -0.2) is 15.0 Å². The summed E-state index contributed by atoms with van der Waals surface area (Å²) >= 11 is 0. The van der Waals surface area contributed by atoms with Gasteiger partial charge in [-0.2, -0.15) is 0 Å². The van der Waals surface area contributed by atoms with Crippen LogP contribution in [0.4, 0.5) is 0 Å². The summed E-state index contributed by atoms with van der Waals surface area (Å²) in [4.78, 5) is 15.1. The Morgan fingerprint density at radius 1 is 0.290 bits per heavy atom. The van der Waals surface area contributed by atoms with Crippen molar-refractivity contribution in [3.05, 3.63) is 259 Å². The quantitative estimate of drug-likeness (QED) is 0.137. The Hall–Kier alpha value is -8.21. The number of fused-ring (bicyclic) bond motifs is 3. The van der Waals surface area contributed by atoms with Crippen LogP contribution in [0.25, 0.3) is 78.4 Å². The maximum Gasteiger partial charge on any atom is 0.164 e. The molecule has 0 N–H and O–H groups in total. The van der Waals surface area contributed by atoms with Crippen LogP contribution >= 0.6 is 0 Å². The third kappa shape index (κ3) is 6.55. The highest BCUT2D eigenvalue weighted by Gasteiger charge is 2.38. The molecule has 0 radical (unpaired) electrons. The molecule has 0 unspecified atom stereocenters. The average Bonchev–Trinajstić information content (AvgIpc) is 3.74. The molecule has 9 aromatic carbocycles. The Morgan fingerprint density at radius 2 is 0.694 bits per heavy atom. The Labute approximate surface area is 360 Å². The molecule has 11 rings (SSSR count). The van der Waals surface area contributed by atoms with Crippen molar-refractivity contribution in [2.45, 2.75) is 5.41 Å². The topological polar surface area (TPSA) is 51.8 Å². The normalized spacial score (nSPS) is 11.5. The number of hydrogen-bond donors (Lipinski definition) is 0. The lowest BCUT2D eigenvalue weighted by Gasteiger charge is -2.37. The first-order chi connectivity index (χ1) is 30.7. The molecule has 0 fully saturated rings. The Kier molecular flexibility index (Phi) is 9.36. The largest absolute Gasteiger partial charge is 0.456 e. The third-order valence-electron chi connectivity index (χ3n) is 11.9. The van der Waals surface area contributed by atoms with Crippen LogP contribution in [0.5, 0.6) is 0 Å². The van der Waals surface area contributed by atoms with E-state index in [1.165, 1.54) is 33.4 Å². The van der Waals surface area contributed by atoms with Gasteiger partial charge < -0.3 is 4.42 Å². The molecule has 0 atom stereocenters. The number of aromatic nitrogens is 3. The molecule has 0 bridgehead atoms. The Balaban J connectivity index is 1.04. The van der Waals surface area contributed by atoms with Crippen molar-refractivity contribution in [1.82, 2.24) is 15.0 Å². The van der Waals surface area contributed by atoms with Crippen molar-refractivity contribution in [1.29, 1.82) is 0 Å². The van der Waals surface area contributed by atoms with Crippen LogP contribution < -0.4 is 0 Å². The van der Waals surface area contributed by atoms with Gasteiger partial charge in [0.1, 0.15) is 11.2 Å². The summed E-state index contributed by atoms with van der Waals surface area (Å²) in [6.45, 7) is 0. The van der Waals surface area contributed by atoms with Crippen LogP contribution in [0.1, 0.15) is 22.3 Å². The Morgan fingerprint density at radius 3 is 1.21 bits per heavy atom. The highest BCUT2D eigenvalue weighted by molar-refractivity contribution is 6.12. The highest BCUT2D eigenvalue weighted by atomic mass is 16.3. The molecule has 0 saturated heterocycles. The summed E-state index contributed by atoms with van der Waals surface area (Å²) in [5.41, 5.74) is 13.1. The summed E-state index contributed by atoms with van der Waals surface area (Å²) in [7, 11) is 0. The summed E-state index contributed by atoms with van der Waals surface area (Å²) in [6.07, 6.45) is 0. The molecule has 62 heavy (non-hydrogen) atoms. The maximum absolute atomic E-state index is 6.51. The van der Waals surface area contributed by atoms with Gasteiger partial charge in [0.15, 0.2) is 17.5 Å². The van der Waals surface area contributed by atoms with Gasteiger partial charge in [-0.05, 0) is 62.7 Å². The second kappa shape index (κ2) is 15.8. The fourth-order valence-electron chi connectivity index (χ4n) is 8.95. The van der Waals surface area contributed by atoms with E-state index in [0.717, 1.165) is 49.8 Å². The lowest BCUT2D eigenvalue weighted by Crippen LogP contribution is -2.31. The molecule has 0 amide bonds. The van der Waals surface area contributed by atoms with Gasteiger partial charge in [0.05, 0.1) is 5.41 Å². The zero-order valence-corrected chi connectivity index (χ0v) is 33.8. The van der Waals surface area contributed by atoms with Crippen LogP contribution in [0, 0.1) is 0 Å². The van der Waals surface area contributed by atoms with Crippen LogP contribution in [0.3, 0.4) is 0 Å². The Bertz CT molecular complexity index is 3200. The molecule has 0 aliphatic carbocycles. The van der Waals surface area contributed by atoms with E-state index in [4.69, 9.17) is 19.4 Å². The molecule has 0 saturated carbocycles. The zero-order valence-electron chi connectivity index (χ0n) is 33.8. The first-order valence-corrected chi connectivity index (χ1v) is 20.9. The summed E-state index contributed by atoms with van der Waals surface area (Å²) < 4.78 is 6.51. The number of rotatable bonds is 9. The number of furan rings is 1. The minimum absolute atomic E-state index is 0.572. The summed E-state index contributed by atoms with van der Waals surface area (Å²) in [6, 6.07) is 83.2. The second-order valence-corrected chi connectivity index (χ2v) is 15.5. The molecule has 292 valence electrons. The van der Waals surface area contributed by atoms with E-state index in [1.54, 1.807) is 0 Å². The van der Waals surface area contributed by atoms with Crippen molar-refractivity contribution >= 4 is 21.9 Å². The molecule has 0 aliphatic heterocycles. The van der Waals surface area contributed by atoms with E-state index in [2.05, 4.69) is 164 Å². The molecule has 2 aromatic heterocycles. The number of benzene rings is 9. The van der Waals surface area contributed by atoms with Gasteiger partial charge in [-0.15, -0.1) is 0 Å². The molecule has 0 aliphatic rings. The van der Waals surface area contributed by atoms with Gasteiger partial charge >= 0.3 is 0 Å². The molecular weight excluding hydrogens is 755 g/mol. The van der Waals surface area contributed by atoms with Gasteiger partial charge in [-0.1, -0.05) is 218 Å². The van der Waals surface area contributed by atoms with Crippen molar-refractivity contribution in [3.8, 4) is 56.4 Å². The lowest BCUT2D eigenvalue weighted by molar-refractivity contribution is 0.669. The van der Waals surface area contributed by atoms with Crippen LogP contribution in [0.2, 0.25) is 0 Å². The van der Waals surface area contributed by atoms with Gasteiger partial charge in [-0.3, -0.25) is 0 Å². The van der Waals surface area contributed by atoms with Gasteiger partial charge in [0, 0.05) is 27.5 Å². The molecule has 0 spiro atoms. The van der Waals surface area contributed by atoms with Gasteiger partial charge in [0.25, 0.3) is 0 Å². The predicted molar refractivity (Wildman–Crippen MR) is 253 cm³/mol. The first kappa shape index (κ1) is 36.8. The van der Waals surface area contributed by atoms with E-state index in [1.807, 2.05) is 72.8 Å². The summed E-state index contributed by atoms with van der Waals surface area (Å²) in [5.74, 6) is 1.83. The van der Waals surface area contributed by atoms with Crippen molar-refractivity contribution < 1.29 is 4.42 Å². The van der Waals surface area contributed by atoms with Gasteiger partial charge in [0.2, 0.25) is 0 Å². The lowest BCUT2D eigenvalue weighted by atomic mass is 9.65. The summed E-state index contributed by atoms with van der Waals surface area (Å²) in [5, 5.41) is 1.97. The predicted octanol–water partition coefficient (Wildman–Crippen LogP) is 14.5. The number of nitrogens with zero attached hydrogens (tertiary/aromatic N) is 3. The molecular formula is C58H39N3O. The van der Waals surface area contributed by atoms with E-state index >= 15 is 0 Å². The van der Waals surface area contributed by atoms with Crippen LogP contribution in [-0.2, 0) is 5.41 Å². The van der Waals surface area contributed by atoms with Gasteiger partial charge in [-0.25, -0.2) is 15.0 Å². The highest BCUT2D eigenvalue weighted by Crippen LogP contribution is 2.46. The SMILES string of the molecule is c1ccc(-c2ccc(C(c3ccccc3)(c3ccccc3)c3ccc(-c4ccc5oc6cccc(-c7nc(-c8ccccc8)nc(-c8ccccc8)n7)c6c5c4)cc3)cc2)cc1. The van der Waals surface area contributed by atoms with E-state index in [-0.39, 0.29) is 0 Å².